The summed E-state index contributed by atoms with van der Waals surface area (Å²) in [4.78, 5) is 1.36. The minimum atomic E-state index is 0.362. The normalized spacial score (nSPS) is 12.4. The zero-order valence-corrected chi connectivity index (χ0v) is 13.6. The first-order chi connectivity index (χ1) is 9.65. The van der Waals surface area contributed by atoms with Crippen LogP contribution in [0.5, 0.6) is 0 Å². The number of likely N-dealkylation sites (N-methyl/N-ethyl adjacent to an activating group) is 1. The lowest BCUT2D eigenvalue weighted by molar-refractivity contribution is 0.583. The fourth-order valence-electron chi connectivity index (χ4n) is 2.49. The number of nitrogens with one attached hydrogen (secondary N) is 1. The van der Waals surface area contributed by atoms with Gasteiger partial charge in [-0.25, -0.2) is 0 Å². The fourth-order valence-corrected chi connectivity index (χ4v) is 3.15. The highest BCUT2D eigenvalue weighted by Crippen LogP contribution is 2.28. The zero-order valence-electron chi connectivity index (χ0n) is 12.7. The maximum Gasteiger partial charge on any atom is 0.0369 e. The van der Waals surface area contributed by atoms with Gasteiger partial charge in [-0.05, 0) is 61.9 Å². The molecule has 0 aromatic heterocycles. The molecule has 0 saturated heterocycles. The van der Waals surface area contributed by atoms with Crippen LogP contribution in [0.3, 0.4) is 0 Å². The molecule has 1 nitrogen and oxygen atoms in total. The van der Waals surface area contributed by atoms with Crippen LogP contribution < -0.4 is 5.32 Å². The van der Waals surface area contributed by atoms with E-state index in [1.54, 1.807) is 0 Å². The molecule has 0 aliphatic rings. The molecule has 1 atom stereocenters. The average molecular weight is 285 g/mol. The van der Waals surface area contributed by atoms with Gasteiger partial charge < -0.3 is 5.32 Å². The summed E-state index contributed by atoms with van der Waals surface area (Å²) in [5, 5.41) is 3.46. The summed E-state index contributed by atoms with van der Waals surface area (Å²) in [6.07, 6.45) is 3.16. The lowest BCUT2D eigenvalue weighted by atomic mass is 9.96. The Balaban J connectivity index is 2.26. The van der Waals surface area contributed by atoms with Gasteiger partial charge in [0.25, 0.3) is 0 Å². The van der Waals surface area contributed by atoms with Crippen LogP contribution in [0, 0.1) is 13.8 Å². The number of hydrogen-bond acceptors (Lipinski definition) is 2. The molecule has 0 radical (unpaired) electrons. The standard InChI is InChI=1S/C18H23NS/c1-13-9-10-15(11-14(13)2)12-17(19-3)16-7-5-6-8-18(16)20-4/h5-11,17,19H,12H2,1-4H3. The van der Waals surface area contributed by atoms with Crippen LogP contribution in [0.4, 0.5) is 0 Å². The van der Waals surface area contributed by atoms with Crippen LogP contribution in [0.25, 0.3) is 0 Å². The van der Waals surface area contributed by atoms with E-state index in [4.69, 9.17) is 0 Å². The van der Waals surface area contributed by atoms with E-state index in [0.717, 1.165) is 6.42 Å². The average Bonchev–Trinajstić information content (AvgIpc) is 2.48. The monoisotopic (exact) mass is 285 g/mol. The third-order valence-electron chi connectivity index (χ3n) is 3.87. The molecule has 0 aliphatic heterocycles. The van der Waals surface area contributed by atoms with Gasteiger partial charge in [-0.15, -0.1) is 11.8 Å². The second kappa shape index (κ2) is 6.96. The SMILES string of the molecule is CNC(Cc1ccc(C)c(C)c1)c1ccccc1SC. The molecule has 106 valence electrons. The van der Waals surface area contributed by atoms with Gasteiger partial charge in [0.15, 0.2) is 0 Å². The van der Waals surface area contributed by atoms with Gasteiger partial charge in [-0.3, -0.25) is 0 Å². The molecular weight excluding hydrogens is 262 g/mol. The summed E-state index contributed by atoms with van der Waals surface area (Å²) in [6, 6.07) is 15.8. The van der Waals surface area contributed by atoms with Crippen molar-refractivity contribution >= 4 is 11.8 Å². The molecule has 0 saturated carbocycles. The maximum absolute atomic E-state index is 3.46. The van der Waals surface area contributed by atoms with E-state index < -0.39 is 0 Å². The van der Waals surface area contributed by atoms with Crippen molar-refractivity contribution in [3.63, 3.8) is 0 Å². The number of aryl methyl sites for hydroxylation is 2. The summed E-state index contributed by atoms with van der Waals surface area (Å²) < 4.78 is 0. The van der Waals surface area contributed by atoms with E-state index in [0.29, 0.717) is 6.04 Å². The van der Waals surface area contributed by atoms with Crippen LogP contribution in [0.1, 0.15) is 28.3 Å². The fraction of sp³-hybridized carbons (Fsp3) is 0.333. The highest BCUT2D eigenvalue weighted by Gasteiger charge is 2.13. The molecule has 2 aromatic rings. The van der Waals surface area contributed by atoms with Crippen molar-refractivity contribution in [1.82, 2.24) is 5.32 Å². The van der Waals surface area contributed by atoms with Crippen molar-refractivity contribution in [2.45, 2.75) is 31.2 Å². The Kier molecular flexibility index (Phi) is 5.27. The Bertz CT molecular complexity index is 577. The Morgan fingerprint density at radius 3 is 2.45 bits per heavy atom. The second-order valence-electron chi connectivity index (χ2n) is 5.21. The summed E-state index contributed by atoms with van der Waals surface area (Å²) >= 11 is 1.82. The van der Waals surface area contributed by atoms with Gasteiger partial charge in [0.2, 0.25) is 0 Å². The number of benzene rings is 2. The van der Waals surface area contributed by atoms with Crippen molar-refractivity contribution < 1.29 is 0 Å². The van der Waals surface area contributed by atoms with Gasteiger partial charge in [-0.1, -0.05) is 36.4 Å². The van der Waals surface area contributed by atoms with Crippen molar-refractivity contribution in [3.8, 4) is 0 Å². The highest BCUT2D eigenvalue weighted by molar-refractivity contribution is 7.98. The Labute approximate surface area is 126 Å². The van der Waals surface area contributed by atoms with Crippen LogP contribution in [0.2, 0.25) is 0 Å². The molecule has 0 bridgehead atoms. The van der Waals surface area contributed by atoms with E-state index >= 15 is 0 Å². The van der Waals surface area contributed by atoms with Crippen molar-refractivity contribution in [3.05, 3.63) is 64.7 Å². The quantitative estimate of drug-likeness (QED) is 0.810. The predicted molar refractivity (Wildman–Crippen MR) is 89.6 cm³/mol. The Hall–Kier alpha value is -1.25. The van der Waals surface area contributed by atoms with Gasteiger partial charge in [0.05, 0.1) is 0 Å². The Morgan fingerprint density at radius 1 is 1.05 bits per heavy atom. The van der Waals surface area contributed by atoms with Gasteiger partial charge >= 0.3 is 0 Å². The van der Waals surface area contributed by atoms with Crippen molar-refractivity contribution in [2.24, 2.45) is 0 Å². The van der Waals surface area contributed by atoms with Gasteiger partial charge in [0.1, 0.15) is 0 Å². The lowest BCUT2D eigenvalue weighted by Gasteiger charge is -2.20. The smallest absolute Gasteiger partial charge is 0.0369 e. The zero-order chi connectivity index (χ0) is 14.5. The molecule has 0 aliphatic carbocycles. The molecule has 1 N–H and O–H groups in total. The number of thioether (sulfide) groups is 1. The van der Waals surface area contributed by atoms with Crippen LogP contribution in [-0.4, -0.2) is 13.3 Å². The van der Waals surface area contributed by atoms with E-state index in [2.05, 4.69) is 67.9 Å². The Morgan fingerprint density at radius 2 is 1.80 bits per heavy atom. The van der Waals surface area contributed by atoms with Crippen LogP contribution >= 0.6 is 11.8 Å². The number of hydrogen-bond donors (Lipinski definition) is 1. The van der Waals surface area contributed by atoms with E-state index in [-0.39, 0.29) is 0 Å². The molecule has 0 heterocycles. The van der Waals surface area contributed by atoms with Crippen molar-refractivity contribution in [1.29, 1.82) is 0 Å². The molecule has 2 rings (SSSR count). The van der Waals surface area contributed by atoms with Gasteiger partial charge in [0, 0.05) is 10.9 Å². The molecule has 0 amide bonds. The molecule has 1 unspecified atom stereocenters. The van der Waals surface area contributed by atoms with E-state index in [1.165, 1.54) is 27.1 Å². The summed E-state index contributed by atoms with van der Waals surface area (Å²) in [7, 11) is 2.04. The first kappa shape index (κ1) is 15.1. The predicted octanol–water partition coefficient (Wildman–Crippen LogP) is 4.53. The molecule has 2 aromatic carbocycles. The second-order valence-corrected chi connectivity index (χ2v) is 6.05. The maximum atomic E-state index is 3.46. The summed E-state index contributed by atoms with van der Waals surface area (Å²) in [5.41, 5.74) is 5.51. The summed E-state index contributed by atoms with van der Waals surface area (Å²) in [5.74, 6) is 0. The lowest BCUT2D eigenvalue weighted by Crippen LogP contribution is -2.19. The first-order valence-electron chi connectivity index (χ1n) is 7.02. The van der Waals surface area contributed by atoms with E-state index in [9.17, 15) is 0 Å². The molecular formula is C18H23NS. The largest absolute Gasteiger partial charge is 0.313 e. The summed E-state index contributed by atoms with van der Waals surface area (Å²) in [6.45, 7) is 4.35. The topological polar surface area (TPSA) is 12.0 Å². The third kappa shape index (κ3) is 3.44. The van der Waals surface area contributed by atoms with Crippen LogP contribution in [-0.2, 0) is 6.42 Å². The highest BCUT2D eigenvalue weighted by atomic mass is 32.2. The first-order valence-corrected chi connectivity index (χ1v) is 8.24. The molecule has 0 fully saturated rings. The minimum Gasteiger partial charge on any atom is -0.313 e. The van der Waals surface area contributed by atoms with Crippen molar-refractivity contribution in [2.75, 3.05) is 13.3 Å². The molecule has 20 heavy (non-hydrogen) atoms. The molecule has 2 heteroatoms. The van der Waals surface area contributed by atoms with Crippen LogP contribution in [0.15, 0.2) is 47.4 Å². The third-order valence-corrected chi connectivity index (χ3v) is 4.69. The minimum absolute atomic E-state index is 0.362. The number of rotatable bonds is 5. The van der Waals surface area contributed by atoms with E-state index in [1.807, 2.05) is 18.8 Å². The van der Waals surface area contributed by atoms with Gasteiger partial charge in [-0.2, -0.15) is 0 Å². The molecule has 0 spiro atoms.